The van der Waals surface area contributed by atoms with Crippen LogP contribution in [0.25, 0.3) is 5.69 Å². The second kappa shape index (κ2) is 6.62. The predicted octanol–water partition coefficient (Wildman–Crippen LogP) is 0.525. The molecule has 7 nitrogen and oxygen atoms in total. The van der Waals surface area contributed by atoms with Gasteiger partial charge in [-0.3, -0.25) is 9.78 Å². The number of nitrogens with one attached hydrogen (secondary N) is 2. The third-order valence-electron chi connectivity index (χ3n) is 4.34. The van der Waals surface area contributed by atoms with Crippen molar-refractivity contribution in [3.05, 3.63) is 42.0 Å². The molecular formula is C17H20N4O3. The van der Waals surface area contributed by atoms with Gasteiger partial charge in [0.05, 0.1) is 24.1 Å². The fourth-order valence-electron chi connectivity index (χ4n) is 3.13. The summed E-state index contributed by atoms with van der Waals surface area (Å²) in [4.78, 5) is 16.1. The number of ether oxygens (including phenoxy) is 2. The Morgan fingerprint density at radius 2 is 2.33 bits per heavy atom. The van der Waals surface area contributed by atoms with E-state index in [0.29, 0.717) is 25.5 Å². The van der Waals surface area contributed by atoms with Gasteiger partial charge in [0.2, 0.25) is 0 Å². The van der Waals surface area contributed by atoms with Gasteiger partial charge in [0, 0.05) is 44.1 Å². The van der Waals surface area contributed by atoms with E-state index < -0.39 is 0 Å². The lowest BCUT2D eigenvalue weighted by molar-refractivity contribution is 0.000123. The van der Waals surface area contributed by atoms with E-state index in [4.69, 9.17) is 9.47 Å². The first-order valence-corrected chi connectivity index (χ1v) is 8.21. The number of hydrogen-bond donors (Lipinski definition) is 2. The van der Waals surface area contributed by atoms with Gasteiger partial charge in [-0.25, -0.2) is 0 Å². The third kappa shape index (κ3) is 2.88. The minimum absolute atomic E-state index is 0.0202. The molecule has 4 rings (SSSR count). The zero-order valence-corrected chi connectivity index (χ0v) is 13.3. The largest absolute Gasteiger partial charge is 0.487 e. The van der Waals surface area contributed by atoms with E-state index in [1.165, 1.54) is 0 Å². The number of aromatic nitrogens is 2. The summed E-state index contributed by atoms with van der Waals surface area (Å²) in [7, 11) is 0. The molecule has 24 heavy (non-hydrogen) atoms. The molecule has 0 aliphatic carbocycles. The first-order chi connectivity index (χ1) is 11.8. The van der Waals surface area contributed by atoms with E-state index in [-0.39, 0.29) is 12.0 Å². The van der Waals surface area contributed by atoms with Gasteiger partial charge in [0.25, 0.3) is 5.91 Å². The molecule has 0 aromatic carbocycles. The van der Waals surface area contributed by atoms with Gasteiger partial charge in [0.1, 0.15) is 12.7 Å². The normalized spacial score (nSPS) is 20.3. The number of nitrogens with zero attached hydrogens (tertiary/aromatic N) is 2. The van der Waals surface area contributed by atoms with Crippen molar-refractivity contribution in [2.24, 2.45) is 0 Å². The van der Waals surface area contributed by atoms with E-state index >= 15 is 0 Å². The van der Waals surface area contributed by atoms with Crippen LogP contribution in [0.15, 0.2) is 30.7 Å². The molecule has 2 N–H and O–H groups in total. The fraction of sp³-hybridized carbons (Fsp3) is 0.412. The quantitative estimate of drug-likeness (QED) is 0.856. The molecule has 126 valence electrons. The zero-order chi connectivity index (χ0) is 16.4. The summed E-state index contributed by atoms with van der Waals surface area (Å²) < 4.78 is 13.7. The lowest BCUT2D eigenvalue weighted by Gasteiger charge is -2.24. The van der Waals surface area contributed by atoms with Gasteiger partial charge < -0.3 is 24.7 Å². The molecule has 1 amide bonds. The topological polar surface area (TPSA) is 77.4 Å². The second-order valence-electron chi connectivity index (χ2n) is 5.90. The Kier molecular flexibility index (Phi) is 4.18. The lowest BCUT2D eigenvalue weighted by atomic mass is 10.1. The van der Waals surface area contributed by atoms with Gasteiger partial charge in [-0.05, 0) is 12.1 Å². The molecule has 1 atom stereocenters. The summed E-state index contributed by atoms with van der Waals surface area (Å²) >= 11 is 0. The van der Waals surface area contributed by atoms with Crippen LogP contribution in [0, 0.1) is 0 Å². The number of carbonyl (C=O) groups excluding carboxylic acids is 1. The Morgan fingerprint density at radius 1 is 1.38 bits per heavy atom. The molecule has 0 radical (unpaired) electrons. The Hall–Kier alpha value is -2.38. The summed E-state index contributed by atoms with van der Waals surface area (Å²) in [5.74, 6) is 0.671. The first kappa shape index (κ1) is 15.2. The molecular weight excluding hydrogens is 308 g/mol. The molecule has 2 aliphatic rings. The van der Waals surface area contributed by atoms with E-state index in [1.54, 1.807) is 12.4 Å². The summed E-state index contributed by atoms with van der Waals surface area (Å²) in [6.07, 6.45) is 6.19. The lowest BCUT2D eigenvalue weighted by Crippen LogP contribution is -2.41. The first-order valence-electron chi connectivity index (χ1n) is 8.21. The minimum Gasteiger partial charge on any atom is -0.487 e. The molecule has 0 bridgehead atoms. The molecule has 1 saturated heterocycles. The summed E-state index contributed by atoms with van der Waals surface area (Å²) in [5.41, 5.74) is 2.62. The van der Waals surface area contributed by atoms with Crippen LogP contribution in [0.2, 0.25) is 0 Å². The van der Waals surface area contributed by atoms with Gasteiger partial charge in [-0.2, -0.15) is 0 Å². The zero-order valence-electron chi connectivity index (χ0n) is 13.3. The smallest absolute Gasteiger partial charge is 0.253 e. The molecule has 4 heterocycles. The standard InChI is InChI=1S/C17H20N4O3/c22-17-13-3-7-21(14(13)2-5-20-17)15-1-4-18-10-16(15)24-11-12-9-19-6-8-23-12/h1,3-4,7,10,12,19H,2,5-6,8-9,11H2,(H,20,22)/t12-/m0/s1. The van der Waals surface area contributed by atoms with Crippen molar-refractivity contribution in [3.8, 4) is 11.4 Å². The van der Waals surface area contributed by atoms with Crippen LogP contribution in [0.4, 0.5) is 0 Å². The van der Waals surface area contributed by atoms with Gasteiger partial charge in [0.15, 0.2) is 5.75 Å². The molecule has 2 aromatic rings. The van der Waals surface area contributed by atoms with Crippen molar-refractivity contribution in [2.45, 2.75) is 12.5 Å². The Balaban J connectivity index is 1.59. The minimum atomic E-state index is -0.0202. The summed E-state index contributed by atoms with van der Waals surface area (Å²) in [6.45, 7) is 3.49. The van der Waals surface area contributed by atoms with Crippen molar-refractivity contribution in [1.82, 2.24) is 20.2 Å². The van der Waals surface area contributed by atoms with Crippen molar-refractivity contribution in [1.29, 1.82) is 0 Å². The highest BCUT2D eigenvalue weighted by atomic mass is 16.5. The van der Waals surface area contributed by atoms with Crippen molar-refractivity contribution in [2.75, 3.05) is 32.8 Å². The van der Waals surface area contributed by atoms with E-state index in [2.05, 4.69) is 15.6 Å². The molecule has 2 aromatic heterocycles. The average Bonchev–Trinajstić information content (AvgIpc) is 3.06. The number of hydrogen-bond acceptors (Lipinski definition) is 5. The SMILES string of the molecule is O=C1NCCc2c1ccn2-c1ccncc1OC[C@@H]1CNCCO1. The highest BCUT2D eigenvalue weighted by molar-refractivity contribution is 5.96. The van der Waals surface area contributed by atoms with Gasteiger partial charge >= 0.3 is 0 Å². The molecule has 0 spiro atoms. The van der Waals surface area contributed by atoms with E-state index in [0.717, 1.165) is 36.5 Å². The highest BCUT2D eigenvalue weighted by Gasteiger charge is 2.22. The molecule has 1 fully saturated rings. The third-order valence-corrected chi connectivity index (χ3v) is 4.34. The molecule has 0 saturated carbocycles. The summed E-state index contributed by atoms with van der Waals surface area (Å²) in [5, 5.41) is 6.16. The van der Waals surface area contributed by atoms with Gasteiger partial charge in [-0.1, -0.05) is 0 Å². The Morgan fingerprint density at radius 3 is 3.21 bits per heavy atom. The monoisotopic (exact) mass is 328 g/mol. The molecule has 7 heteroatoms. The van der Waals surface area contributed by atoms with Crippen LogP contribution >= 0.6 is 0 Å². The van der Waals surface area contributed by atoms with Crippen LogP contribution in [-0.4, -0.2) is 54.4 Å². The number of morpholine rings is 1. The Bertz CT molecular complexity index is 737. The number of carbonyl (C=O) groups is 1. The molecule has 0 unspecified atom stereocenters. The fourth-order valence-corrected chi connectivity index (χ4v) is 3.13. The van der Waals surface area contributed by atoms with Crippen LogP contribution in [0.5, 0.6) is 5.75 Å². The number of fused-ring (bicyclic) bond motifs is 1. The van der Waals surface area contributed by atoms with E-state index in [1.807, 2.05) is 22.9 Å². The number of amides is 1. The second-order valence-corrected chi connectivity index (χ2v) is 5.90. The van der Waals surface area contributed by atoms with Crippen LogP contribution in [0.3, 0.4) is 0 Å². The predicted molar refractivity (Wildman–Crippen MR) is 87.7 cm³/mol. The van der Waals surface area contributed by atoms with Gasteiger partial charge in [-0.15, -0.1) is 0 Å². The summed E-state index contributed by atoms with van der Waals surface area (Å²) in [6, 6.07) is 3.75. The Labute approximate surface area is 140 Å². The maximum atomic E-state index is 12.0. The van der Waals surface area contributed by atoms with Crippen LogP contribution in [-0.2, 0) is 11.2 Å². The van der Waals surface area contributed by atoms with Crippen molar-refractivity contribution >= 4 is 5.91 Å². The van der Waals surface area contributed by atoms with E-state index in [9.17, 15) is 4.79 Å². The number of pyridine rings is 1. The van der Waals surface area contributed by atoms with Crippen LogP contribution < -0.4 is 15.4 Å². The van der Waals surface area contributed by atoms with Crippen molar-refractivity contribution in [3.63, 3.8) is 0 Å². The van der Waals surface area contributed by atoms with Crippen molar-refractivity contribution < 1.29 is 14.3 Å². The average molecular weight is 328 g/mol. The maximum absolute atomic E-state index is 12.0. The van der Waals surface area contributed by atoms with Crippen LogP contribution in [0.1, 0.15) is 16.1 Å². The molecule has 2 aliphatic heterocycles. The maximum Gasteiger partial charge on any atom is 0.253 e. The highest BCUT2D eigenvalue weighted by Crippen LogP contribution is 2.27. The number of rotatable bonds is 4.